The van der Waals surface area contributed by atoms with Gasteiger partial charge in [0.15, 0.2) is 0 Å². The van der Waals surface area contributed by atoms with Crippen molar-refractivity contribution in [1.82, 2.24) is 0 Å². The van der Waals surface area contributed by atoms with Gasteiger partial charge in [-0.25, -0.2) is 0 Å². The number of hydrogen-bond acceptors (Lipinski definition) is 4. The molecule has 5 heteroatoms. The van der Waals surface area contributed by atoms with Gasteiger partial charge in [0.2, 0.25) is 0 Å². The molecule has 0 saturated carbocycles. The molecule has 0 bridgehead atoms. The Balaban J connectivity index is 2.59. The highest BCUT2D eigenvalue weighted by atomic mass is 35.5. The van der Waals surface area contributed by atoms with Gasteiger partial charge in [-0.05, 0) is 11.6 Å². The molecule has 2 N–H and O–H groups in total. The molecule has 0 saturated heterocycles. The smallest absolute Gasteiger partial charge is 0.131 e. The van der Waals surface area contributed by atoms with Gasteiger partial charge >= 0.3 is 0 Å². The highest BCUT2D eigenvalue weighted by Gasteiger charge is 2.22. The van der Waals surface area contributed by atoms with Crippen LogP contribution in [0.15, 0.2) is 36.4 Å². The van der Waals surface area contributed by atoms with E-state index in [1.54, 1.807) is 39.5 Å². The zero-order valence-electron chi connectivity index (χ0n) is 12.2. The van der Waals surface area contributed by atoms with E-state index in [1.807, 2.05) is 18.2 Å². The zero-order chi connectivity index (χ0) is 15.4. The van der Waals surface area contributed by atoms with Crippen molar-refractivity contribution in [3.05, 3.63) is 52.5 Å². The molecule has 4 nitrogen and oxygen atoms in total. The lowest BCUT2D eigenvalue weighted by molar-refractivity contribution is 0.366. The van der Waals surface area contributed by atoms with Crippen molar-refractivity contribution in [1.29, 1.82) is 0 Å². The summed E-state index contributed by atoms with van der Waals surface area (Å²) in [6.45, 7) is 0. The van der Waals surface area contributed by atoms with Gasteiger partial charge in [-0.1, -0.05) is 29.8 Å². The minimum absolute atomic E-state index is 0.463. The fourth-order valence-electron chi connectivity index (χ4n) is 2.22. The van der Waals surface area contributed by atoms with Crippen LogP contribution in [0.1, 0.15) is 17.2 Å². The first-order chi connectivity index (χ1) is 10.1. The second-order valence-electron chi connectivity index (χ2n) is 4.44. The van der Waals surface area contributed by atoms with Crippen LogP contribution >= 0.6 is 11.6 Å². The van der Waals surface area contributed by atoms with Crippen LogP contribution in [0.2, 0.25) is 5.02 Å². The Hall–Kier alpha value is -1.91. The average molecular weight is 308 g/mol. The van der Waals surface area contributed by atoms with Crippen molar-refractivity contribution in [2.24, 2.45) is 5.73 Å². The molecule has 0 radical (unpaired) electrons. The van der Waals surface area contributed by atoms with Gasteiger partial charge < -0.3 is 19.9 Å². The number of rotatable bonds is 5. The lowest BCUT2D eigenvalue weighted by atomic mass is 9.97. The van der Waals surface area contributed by atoms with Gasteiger partial charge in [-0.2, -0.15) is 0 Å². The molecule has 2 aromatic carbocycles. The quantitative estimate of drug-likeness (QED) is 0.919. The molecule has 0 aromatic heterocycles. The first-order valence-corrected chi connectivity index (χ1v) is 6.80. The maximum Gasteiger partial charge on any atom is 0.131 e. The van der Waals surface area contributed by atoms with Crippen LogP contribution in [0.4, 0.5) is 0 Å². The molecule has 0 spiro atoms. The fourth-order valence-corrected chi connectivity index (χ4v) is 2.48. The summed E-state index contributed by atoms with van der Waals surface area (Å²) in [5, 5.41) is 0.602. The SMILES string of the molecule is COc1cc(OC)c(C(N)c2ccccc2Cl)c(OC)c1. The topological polar surface area (TPSA) is 53.7 Å². The van der Waals surface area contributed by atoms with Crippen LogP contribution in [0.25, 0.3) is 0 Å². The van der Waals surface area contributed by atoms with E-state index in [9.17, 15) is 0 Å². The van der Waals surface area contributed by atoms with E-state index in [0.717, 1.165) is 11.1 Å². The van der Waals surface area contributed by atoms with E-state index in [4.69, 9.17) is 31.5 Å². The Morgan fingerprint density at radius 2 is 1.52 bits per heavy atom. The van der Waals surface area contributed by atoms with Crippen LogP contribution < -0.4 is 19.9 Å². The van der Waals surface area contributed by atoms with Gasteiger partial charge in [-0.3, -0.25) is 0 Å². The summed E-state index contributed by atoms with van der Waals surface area (Å²) in [4.78, 5) is 0. The van der Waals surface area contributed by atoms with E-state index < -0.39 is 6.04 Å². The predicted octanol–water partition coefficient (Wildman–Crippen LogP) is 3.41. The molecule has 1 atom stereocenters. The van der Waals surface area contributed by atoms with E-state index in [1.165, 1.54) is 0 Å². The van der Waals surface area contributed by atoms with Crippen LogP contribution in [-0.4, -0.2) is 21.3 Å². The molecule has 112 valence electrons. The third kappa shape index (κ3) is 3.06. The monoisotopic (exact) mass is 307 g/mol. The van der Waals surface area contributed by atoms with Gasteiger partial charge in [0, 0.05) is 17.2 Å². The van der Waals surface area contributed by atoms with Crippen molar-refractivity contribution in [2.75, 3.05) is 21.3 Å². The highest BCUT2D eigenvalue weighted by Crippen LogP contribution is 2.40. The summed E-state index contributed by atoms with van der Waals surface area (Å²) < 4.78 is 16.1. The molecule has 0 aliphatic carbocycles. The van der Waals surface area contributed by atoms with Gasteiger partial charge in [-0.15, -0.1) is 0 Å². The maximum atomic E-state index is 6.38. The first kappa shape index (κ1) is 15.5. The van der Waals surface area contributed by atoms with Crippen LogP contribution in [-0.2, 0) is 0 Å². The average Bonchev–Trinajstić information content (AvgIpc) is 2.53. The Bertz CT molecular complexity index is 606. The van der Waals surface area contributed by atoms with Crippen molar-refractivity contribution in [2.45, 2.75) is 6.04 Å². The number of nitrogens with two attached hydrogens (primary N) is 1. The largest absolute Gasteiger partial charge is 0.496 e. The lowest BCUT2D eigenvalue weighted by Crippen LogP contribution is -2.15. The van der Waals surface area contributed by atoms with E-state index >= 15 is 0 Å². The molecule has 0 aliphatic heterocycles. The molecule has 2 aromatic rings. The van der Waals surface area contributed by atoms with Crippen LogP contribution in [0, 0.1) is 0 Å². The molecular formula is C16H18ClNO3. The Labute approximate surface area is 129 Å². The second kappa shape index (κ2) is 6.70. The zero-order valence-corrected chi connectivity index (χ0v) is 13.0. The van der Waals surface area contributed by atoms with E-state index in [2.05, 4.69) is 0 Å². The number of ether oxygens (including phenoxy) is 3. The summed E-state index contributed by atoms with van der Waals surface area (Å²) in [6.07, 6.45) is 0. The van der Waals surface area contributed by atoms with Gasteiger partial charge in [0.1, 0.15) is 17.2 Å². The van der Waals surface area contributed by atoms with Crippen LogP contribution in [0.5, 0.6) is 17.2 Å². The number of hydrogen-bond donors (Lipinski definition) is 1. The molecular weight excluding hydrogens is 290 g/mol. The van der Waals surface area contributed by atoms with E-state index in [-0.39, 0.29) is 0 Å². The number of benzene rings is 2. The molecule has 0 amide bonds. The summed E-state index contributed by atoms with van der Waals surface area (Å²) in [5.74, 6) is 1.83. The molecule has 21 heavy (non-hydrogen) atoms. The molecule has 2 rings (SSSR count). The van der Waals surface area contributed by atoms with Gasteiger partial charge in [0.25, 0.3) is 0 Å². The second-order valence-corrected chi connectivity index (χ2v) is 4.85. The first-order valence-electron chi connectivity index (χ1n) is 6.42. The van der Waals surface area contributed by atoms with E-state index in [0.29, 0.717) is 22.3 Å². The van der Waals surface area contributed by atoms with Crippen molar-refractivity contribution >= 4 is 11.6 Å². The summed E-state index contributed by atoms with van der Waals surface area (Å²) >= 11 is 6.23. The van der Waals surface area contributed by atoms with Crippen LogP contribution in [0.3, 0.4) is 0 Å². The maximum absolute atomic E-state index is 6.38. The number of halogens is 1. The highest BCUT2D eigenvalue weighted by molar-refractivity contribution is 6.31. The molecule has 0 fully saturated rings. The standard InChI is InChI=1S/C16H18ClNO3/c1-19-10-8-13(20-2)15(14(9-10)21-3)16(18)11-6-4-5-7-12(11)17/h4-9,16H,18H2,1-3H3. The predicted molar refractivity (Wildman–Crippen MR) is 83.6 cm³/mol. The third-order valence-electron chi connectivity index (χ3n) is 3.30. The minimum Gasteiger partial charge on any atom is -0.496 e. The fraction of sp³-hybridized carbons (Fsp3) is 0.250. The van der Waals surface area contributed by atoms with Crippen molar-refractivity contribution in [3.63, 3.8) is 0 Å². The minimum atomic E-state index is -0.463. The van der Waals surface area contributed by atoms with Crippen molar-refractivity contribution in [3.8, 4) is 17.2 Å². The Morgan fingerprint density at radius 3 is 2.00 bits per heavy atom. The summed E-state index contributed by atoms with van der Waals surface area (Å²) in [5.41, 5.74) is 7.91. The molecule has 0 aliphatic rings. The summed E-state index contributed by atoms with van der Waals surface area (Å²) in [7, 11) is 4.75. The Morgan fingerprint density at radius 1 is 0.952 bits per heavy atom. The number of methoxy groups -OCH3 is 3. The molecule has 1 unspecified atom stereocenters. The Kier molecular flexibility index (Phi) is 4.94. The van der Waals surface area contributed by atoms with Gasteiger partial charge in [0.05, 0.1) is 32.9 Å². The lowest BCUT2D eigenvalue weighted by Gasteiger charge is -2.21. The normalized spacial score (nSPS) is 11.9. The summed E-state index contributed by atoms with van der Waals surface area (Å²) in [6, 6.07) is 10.5. The third-order valence-corrected chi connectivity index (χ3v) is 3.65. The van der Waals surface area contributed by atoms with Crippen molar-refractivity contribution < 1.29 is 14.2 Å². The molecule has 0 heterocycles.